The molecule has 1 aliphatic carbocycles. The molecule has 0 aliphatic heterocycles. The Labute approximate surface area is 174 Å². The standard InChI is InChI=1S/C25H33NO3/c1-4-29-25(14-10-5-6-11-15-25)24(27)26-22-16-19(2)23(20(3)17-22)28-18-21-12-8-7-9-13-21/h7-9,12-13,16-17H,4-6,10-11,14-15,18H2,1-3H3,(H,26,27). The van der Waals surface area contributed by atoms with Gasteiger partial charge in [-0.25, -0.2) is 0 Å². The number of anilines is 1. The lowest BCUT2D eigenvalue weighted by molar-refractivity contribution is -0.143. The van der Waals surface area contributed by atoms with Gasteiger partial charge in [-0.2, -0.15) is 0 Å². The second kappa shape index (κ2) is 9.93. The van der Waals surface area contributed by atoms with Crippen LogP contribution in [0.4, 0.5) is 5.69 Å². The molecule has 2 aromatic rings. The van der Waals surface area contributed by atoms with Gasteiger partial charge in [-0.1, -0.05) is 56.0 Å². The van der Waals surface area contributed by atoms with Crippen molar-refractivity contribution in [2.45, 2.75) is 71.5 Å². The zero-order valence-corrected chi connectivity index (χ0v) is 17.9. The van der Waals surface area contributed by atoms with Crippen LogP contribution in [0.5, 0.6) is 5.75 Å². The molecule has 0 unspecified atom stereocenters. The number of ether oxygens (including phenoxy) is 2. The minimum Gasteiger partial charge on any atom is -0.488 e. The van der Waals surface area contributed by atoms with Crippen LogP contribution in [0.2, 0.25) is 0 Å². The molecular formula is C25H33NO3. The van der Waals surface area contributed by atoms with E-state index in [1.54, 1.807) is 0 Å². The number of benzene rings is 2. The first-order valence-electron chi connectivity index (χ1n) is 10.8. The molecule has 1 amide bonds. The molecule has 0 radical (unpaired) electrons. The van der Waals surface area contributed by atoms with Crippen LogP contribution < -0.4 is 10.1 Å². The highest BCUT2D eigenvalue weighted by atomic mass is 16.5. The quantitative estimate of drug-likeness (QED) is 0.589. The normalized spacial score (nSPS) is 16.1. The van der Waals surface area contributed by atoms with Gasteiger partial charge in [0, 0.05) is 12.3 Å². The Morgan fingerprint density at radius 3 is 2.21 bits per heavy atom. The number of nitrogens with one attached hydrogen (secondary N) is 1. The van der Waals surface area contributed by atoms with Crippen LogP contribution in [0.3, 0.4) is 0 Å². The number of carbonyl (C=O) groups is 1. The van der Waals surface area contributed by atoms with Gasteiger partial charge in [-0.05, 0) is 62.4 Å². The first-order valence-corrected chi connectivity index (χ1v) is 10.8. The summed E-state index contributed by atoms with van der Waals surface area (Å²) in [5, 5.41) is 3.13. The Hall–Kier alpha value is -2.33. The van der Waals surface area contributed by atoms with Crippen LogP contribution in [-0.2, 0) is 16.1 Å². The van der Waals surface area contributed by atoms with E-state index in [9.17, 15) is 4.79 Å². The molecule has 0 saturated heterocycles. The zero-order chi connectivity index (χ0) is 20.7. The number of carbonyl (C=O) groups excluding carboxylic acids is 1. The monoisotopic (exact) mass is 395 g/mol. The van der Waals surface area contributed by atoms with E-state index in [0.29, 0.717) is 13.2 Å². The molecular weight excluding hydrogens is 362 g/mol. The number of hydrogen-bond donors (Lipinski definition) is 1. The van der Waals surface area contributed by atoms with Gasteiger partial charge in [0.05, 0.1) is 0 Å². The molecule has 1 saturated carbocycles. The van der Waals surface area contributed by atoms with E-state index in [4.69, 9.17) is 9.47 Å². The summed E-state index contributed by atoms with van der Waals surface area (Å²) in [6.07, 6.45) is 6.02. The summed E-state index contributed by atoms with van der Waals surface area (Å²) in [6, 6.07) is 14.1. The largest absolute Gasteiger partial charge is 0.488 e. The Bertz CT molecular complexity index is 785. The van der Waals surface area contributed by atoms with Gasteiger partial charge in [0.15, 0.2) is 0 Å². The minimum atomic E-state index is -0.699. The van der Waals surface area contributed by atoms with Crippen molar-refractivity contribution in [2.75, 3.05) is 11.9 Å². The highest BCUT2D eigenvalue weighted by molar-refractivity contribution is 5.97. The van der Waals surface area contributed by atoms with Crippen LogP contribution in [0.15, 0.2) is 42.5 Å². The third-order valence-corrected chi connectivity index (χ3v) is 5.69. The molecule has 0 heterocycles. The van der Waals surface area contributed by atoms with Crippen molar-refractivity contribution >= 4 is 11.6 Å². The molecule has 3 rings (SSSR count). The summed E-state index contributed by atoms with van der Waals surface area (Å²) in [5.74, 6) is 0.860. The van der Waals surface area contributed by atoms with Crippen molar-refractivity contribution in [3.05, 3.63) is 59.2 Å². The van der Waals surface area contributed by atoms with Gasteiger partial charge in [0.2, 0.25) is 0 Å². The molecule has 1 aliphatic rings. The van der Waals surface area contributed by atoms with Gasteiger partial charge >= 0.3 is 0 Å². The van der Waals surface area contributed by atoms with Crippen LogP contribution in [0.25, 0.3) is 0 Å². The minimum absolute atomic E-state index is 0.0157. The van der Waals surface area contributed by atoms with Gasteiger partial charge in [-0.15, -0.1) is 0 Å². The van der Waals surface area contributed by atoms with Gasteiger partial charge in [0.1, 0.15) is 18.0 Å². The zero-order valence-electron chi connectivity index (χ0n) is 17.9. The molecule has 4 nitrogen and oxygen atoms in total. The summed E-state index contributed by atoms with van der Waals surface area (Å²) in [4.78, 5) is 13.2. The molecule has 0 aromatic heterocycles. The second-order valence-corrected chi connectivity index (χ2v) is 8.01. The lowest BCUT2D eigenvalue weighted by Crippen LogP contribution is -2.45. The number of rotatable bonds is 7. The average Bonchev–Trinajstić information content (AvgIpc) is 2.95. The lowest BCUT2D eigenvalue weighted by Gasteiger charge is -2.31. The maximum atomic E-state index is 13.2. The molecule has 4 heteroatoms. The van der Waals surface area contributed by atoms with Crippen molar-refractivity contribution in [3.8, 4) is 5.75 Å². The van der Waals surface area contributed by atoms with E-state index in [-0.39, 0.29) is 5.91 Å². The van der Waals surface area contributed by atoms with Crippen LogP contribution in [0.1, 0.15) is 62.1 Å². The SMILES string of the molecule is CCOC1(C(=O)Nc2cc(C)c(OCc3ccccc3)c(C)c2)CCCCCC1. The average molecular weight is 396 g/mol. The first-order chi connectivity index (χ1) is 14.0. The predicted octanol–water partition coefficient (Wildman–Crippen LogP) is 5.95. The summed E-state index contributed by atoms with van der Waals surface area (Å²) in [7, 11) is 0. The van der Waals surface area contributed by atoms with Gasteiger partial charge in [0.25, 0.3) is 5.91 Å². The number of amides is 1. The fourth-order valence-electron chi connectivity index (χ4n) is 4.24. The highest BCUT2D eigenvalue weighted by Gasteiger charge is 2.39. The van der Waals surface area contributed by atoms with Crippen molar-refractivity contribution < 1.29 is 14.3 Å². The molecule has 0 bridgehead atoms. The molecule has 0 atom stereocenters. The van der Waals surface area contributed by atoms with Gasteiger partial charge < -0.3 is 14.8 Å². The van der Waals surface area contributed by atoms with Gasteiger partial charge in [-0.3, -0.25) is 4.79 Å². The van der Waals surface area contributed by atoms with Crippen LogP contribution in [-0.4, -0.2) is 18.1 Å². The van der Waals surface area contributed by atoms with Crippen LogP contribution >= 0.6 is 0 Å². The lowest BCUT2D eigenvalue weighted by atomic mass is 9.92. The predicted molar refractivity (Wildman–Crippen MR) is 117 cm³/mol. The molecule has 2 aromatic carbocycles. The third-order valence-electron chi connectivity index (χ3n) is 5.69. The van der Waals surface area contributed by atoms with E-state index >= 15 is 0 Å². The number of aryl methyl sites for hydroxylation is 2. The van der Waals surface area contributed by atoms with Crippen molar-refractivity contribution in [1.29, 1.82) is 0 Å². The smallest absolute Gasteiger partial charge is 0.256 e. The highest BCUT2D eigenvalue weighted by Crippen LogP contribution is 2.33. The summed E-state index contributed by atoms with van der Waals surface area (Å²) in [6.45, 7) is 7.09. The van der Waals surface area contributed by atoms with Crippen LogP contribution in [0, 0.1) is 13.8 Å². The van der Waals surface area contributed by atoms with Crippen molar-refractivity contribution in [1.82, 2.24) is 0 Å². The third kappa shape index (κ3) is 5.39. The fraction of sp³-hybridized carbons (Fsp3) is 0.480. The second-order valence-electron chi connectivity index (χ2n) is 8.01. The molecule has 156 valence electrons. The first kappa shape index (κ1) is 21.4. The van der Waals surface area contributed by atoms with E-state index < -0.39 is 5.60 Å². The van der Waals surface area contributed by atoms with E-state index in [1.165, 1.54) is 12.8 Å². The Kier molecular flexibility index (Phi) is 7.32. The van der Waals surface area contributed by atoms with Crippen molar-refractivity contribution in [2.24, 2.45) is 0 Å². The Morgan fingerprint density at radius 1 is 1.00 bits per heavy atom. The van der Waals surface area contributed by atoms with E-state index in [0.717, 1.165) is 53.8 Å². The molecule has 29 heavy (non-hydrogen) atoms. The fourth-order valence-corrected chi connectivity index (χ4v) is 4.24. The Balaban J connectivity index is 1.72. The summed E-state index contributed by atoms with van der Waals surface area (Å²) < 4.78 is 12.1. The van der Waals surface area contributed by atoms with Crippen molar-refractivity contribution in [3.63, 3.8) is 0 Å². The van der Waals surface area contributed by atoms with E-state index in [2.05, 4.69) is 17.4 Å². The van der Waals surface area contributed by atoms with E-state index in [1.807, 2.05) is 51.1 Å². The molecule has 0 spiro atoms. The molecule has 1 N–H and O–H groups in total. The maximum Gasteiger partial charge on any atom is 0.256 e. The Morgan fingerprint density at radius 2 is 1.62 bits per heavy atom. The summed E-state index contributed by atoms with van der Waals surface area (Å²) >= 11 is 0. The maximum absolute atomic E-state index is 13.2. The summed E-state index contributed by atoms with van der Waals surface area (Å²) in [5.41, 5.74) is 3.27. The number of hydrogen-bond acceptors (Lipinski definition) is 3. The topological polar surface area (TPSA) is 47.6 Å². The molecule has 1 fully saturated rings.